The maximum atomic E-state index is 14.4. The zero-order valence-corrected chi connectivity index (χ0v) is 18.8. The van der Waals surface area contributed by atoms with Crippen LogP contribution in [0.5, 0.6) is 0 Å². The highest BCUT2D eigenvalue weighted by Crippen LogP contribution is 2.33. The molecule has 0 spiro atoms. The molecule has 0 aliphatic heterocycles. The monoisotopic (exact) mass is 493 g/mol. The van der Waals surface area contributed by atoms with E-state index in [1.165, 1.54) is 37.1 Å². The van der Waals surface area contributed by atoms with Crippen molar-refractivity contribution in [3.05, 3.63) is 68.6 Å². The lowest BCUT2D eigenvalue weighted by Crippen LogP contribution is -2.35. The van der Waals surface area contributed by atoms with Crippen molar-refractivity contribution in [3.63, 3.8) is 0 Å². The van der Waals surface area contributed by atoms with Gasteiger partial charge in [0.1, 0.15) is 22.8 Å². The molecule has 1 aromatic heterocycles. The van der Waals surface area contributed by atoms with Crippen LogP contribution in [0.2, 0.25) is 5.02 Å². The number of carbonyl (C=O) groups excluding carboxylic acids is 2. The van der Waals surface area contributed by atoms with Crippen molar-refractivity contribution in [2.24, 2.45) is 0 Å². The number of benzene rings is 2. The van der Waals surface area contributed by atoms with E-state index in [4.69, 9.17) is 16.1 Å². The lowest BCUT2D eigenvalue weighted by atomic mass is 10.0. The largest absolute Gasteiger partial charge is 0.360 e. The molecule has 0 radical (unpaired) electrons. The van der Waals surface area contributed by atoms with Crippen molar-refractivity contribution in [1.29, 1.82) is 0 Å². The van der Waals surface area contributed by atoms with Gasteiger partial charge in [0.25, 0.3) is 5.91 Å². The number of halogens is 3. The van der Waals surface area contributed by atoms with Crippen molar-refractivity contribution in [3.8, 4) is 11.3 Å². The van der Waals surface area contributed by atoms with Gasteiger partial charge in [-0.25, -0.2) is 4.39 Å². The molecule has 1 N–H and O–H groups in total. The smallest absolute Gasteiger partial charge is 0.259 e. The van der Waals surface area contributed by atoms with Crippen LogP contribution in [-0.2, 0) is 4.79 Å². The summed E-state index contributed by atoms with van der Waals surface area (Å²) in [5.74, 6) is -1.34. The molecule has 3 aromatic rings. The lowest BCUT2D eigenvalue weighted by Gasteiger charge is -2.18. The van der Waals surface area contributed by atoms with Gasteiger partial charge in [-0.3, -0.25) is 9.59 Å². The quantitative estimate of drug-likeness (QED) is 0.527. The Hall–Kier alpha value is -2.71. The molecule has 0 aliphatic carbocycles. The first-order valence-corrected chi connectivity index (χ1v) is 10.1. The average molecular weight is 495 g/mol. The minimum atomic E-state index is -0.629. The number of carbonyl (C=O) groups is 2. The number of anilines is 1. The number of hydrogen-bond donors (Lipinski definition) is 1. The van der Waals surface area contributed by atoms with Crippen LogP contribution in [0.25, 0.3) is 11.3 Å². The van der Waals surface area contributed by atoms with Gasteiger partial charge in [0, 0.05) is 17.2 Å². The predicted molar refractivity (Wildman–Crippen MR) is 116 cm³/mol. The van der Waals surface area contributed by atoms with Crippen LogP contribution < -0.4 is 5.32 Å². The summed E-state index contributed by atoms with van der Waals surface area (Å²) in [5, 5.41) is 6.70. The van der Waals surface area contributed by atoms with E-state index in [0.29, 0.717) is 5.69 Å². The van der Waals surface area contributed by atoms with Crippen LogP contribution in [0, 0.1) is 19.7 Å². The number of aryl methyl sites for hydroxylation is 2. The number of nitrogens with zero attached hydrogens (tertiary/aromatic N) is 2. The fourth-order valence-corrected chi connectivity index (χ4v) is 3.68. The van der Waals surface area contributed by atoms with Gasteiger partial charge in [0.15, 0.2) is 0 Å². The molecule has 0 saturated carbocycles. The number of likely N-dealkylation sites (N-methyl/N-ethyl adjacent to an activating group) is 1. The highest BCUT2D eigenvalue weighted by molar-refractivity contribution is 9.10. The van der Waals surface area contributed by atoms with E-state index in [1.807, 2.05) is 19.1 Å². The van der Waals surface area contributed by atoms with Crippen molar-refractivity contribution in [1.82, 2.24) is 10.1 Å². The van der Waals surface area contributed by atoms with Crippen molar-refractivity contribution >= 4 is 45.0 Å². The molecule has 0 saturated heterocycles. The Bertz CT molecular complexity index is 1110. The molecule has 6 nitrogen and oxygen atoms in total. The molecule has 0 unspecified atom stereocenters. The third kappa shape index (κ3) is 4.55. The Morgan fingerprint density at radius 3 is 2.67 bits per heavy atom. The second-order valence-corrected chi connectivity index (χ2v) is 8.05. The van der Waals surface area contributed by atoms with Gasteiger partial charge in [-0.2, -0.15) is 0 Å². The summed E-state index contributed by atoms with van der Waals surface area (Å²) >= 11 is 9.49. The fourth-order valence-electron chi connectivity index (χ4n) is 2.95. The molecule has 0 fully saturated rings. The van der Waals surface area contributed by atoms with Crippen LogP contribution in [0.3, 0.4) is 0 Å². The van der Waals surface area contributed by atoms with E-state index in [-0.39, 0.29) is 40.1 Å². The maximum Gasteiger partial charge on any atom is 0.259 e. The summed E-state index contributed by atoms with van der Waals surface area (Å²) in [6.45, 7) is 3.18. The van der Waals surface area contributed by atoms with Crippen LogP contribution in [0.4, 0.5) is 10.1 Å². The number of rotatable bonds is 5. The van der Waals surface area contributed by atoms with E-state index in [0.717, 1.165) is 10.0 Å². The summed E-state index contributed by atoms with van der Waals surface area (Å²) < 4.78 is 20.4. The third-order valence-corrected chi connectivity index (χ3v) is 5.27. The normalized spacial score (nSPS) is 10.7. The molecule has 0 bridgehead atoms. The van der Waals surface area contributed by atoms with Crippen LogP contribution in [0.1, 0.15) is 21.7 Å². The Morgan fingerprint density at radius 2 is 2.00 bits per heavy atom. The highest BCUT2D eigenvalue weighted by Gasteiger charge is 2.28. The summed E-state index contributed by atoms with van der Waals surface area (Å²) in [6.07, 6.45) is 0. The zero-order chi connectivity index (χ0) is 22.0. The van der Waals surface area contributed by atoms with Gasteiger partial charge < -0.3 is 14.7 Å². The van der Waals surface area contributed by atoms with Crippen molar-refractivity contribution < 1.29 is 18.5 Å². The molecular weight excluding hydrogens is 477 g/mol. The van der Waals surface area contributed by atoms with Gasteiger partial charge in [-0.15, -0.1) is 0 Å². The van der Waals surface area contributed by atoms with E-state index < -0.39 is 11.7 Å². The second kappa shape index (κ2) is 8.97. The number of hydrogen-bond acceptors (Lipinski definition) is 4. The number of amides is 2. The summed E-state index contributed by atoms with van der Waals surface area (Å²) in [6, 6.07) is 9.61. The van der Waals surface area contributed by atoms with E-state index >= 15 is 0 Å². The Labute approximate surface area is 186 Å². The van der Waals surface area contributed by atoms with Crippen molar-refractivity contribution in [2.75, 3.05) is 18.9 Å². The minimum absolute atomic E-state index is 0.00314. The minimum Gasteiger partial charge on any atom is -0.360 e. The first-order chi connectivity index (χ1) is 14.2. The molecule has 156 valence electrons. The molecule has 0 atom stereocenters. The molecule has 30 heavy (non-hydrogen) atoms. The molecule has 2 amide bonds. The SMILES string of the molecule is Cc1cc(Br)ccc1NC(=O)CN(C)C(=O)c1c(-c2c(F)cccc2Cl)noc1C. The lowest BCUT2D eigenvalue weighted by molar-refractivity contribution is -0.116. The van der Waals surface area contributed by atoms with Gasteiger partial charge in [-0.05, 0) is 49.7 Å². The van der Waals surface area contributed by atoms with Crippen LogP contribution in [-0.4, -0.2) is 35.5 Å². The zero-order valence-electron chi connectivity index (χ0n) is 16.4. The molecule has 2 aromatic carbocycles. The Morgan fingerprint density at radius 1 is 1.27 bits per heavy atom. The Kier molecular flexibility index (Phi) is 6.58. The van der Waals surface area contributed by atoms with Gasteiger partial charge in [0.2, 0.25) is 5.91 Å². The number of nitrogens with one attached hydrogen (secondary N) is 1. The maximum absolute atomic E-state index is 14.4. The van der Waals surface area contributed by atoms with Gasteiger partial charge >= 0.3 is 0 Å². The highest BCUT2D eigenvalue weighted by atomic mass is 79.9. The second-order valence-electron chi connectivity index (χ2n) is 6.73. The molecule has 0 aliphatic rings. The molecule has 9 heteroatoms. The fraction of sp³-hybridized carbons (Fsp3) is 0.190. The summed E-state index contributed by atoms with van der Waals surface area (Å²) in [7, 11) is 1.47. The van der Waals surface area contributed by atoms with Gasteiger partial charge in [0.05, 0.1) is 17.1 Å². The summed E-state index contributed by atoms with van der Waals surface area (Å²) in [4.78, 5) is 26.7. The first kappa shape index (κ1) is 22.0. The number of aromatic nitrogens is 1. The molecule has 3 rings (SSSR count). The summed E-state index contributed by atoms with van der Waals surface area (Å²) in [5.41, 5.74) is 1.54. The average Bonchev–Trinajstić information content (AvgIpc) is 3.04. The van der Waals surface area contributed by atoms with E-state index in [1.54, 1.807) is 6.07 Å². The predicted octanol–water partition coefficient (Wildman–Crippen LogP) is 5.22. The Balaban J connectivity index is 1.82. The van der Waals surface area contributed by atoms with E-state index in [2.05, 4.69) is 26.4 Å². The van der Waals surface area contributed by atoms with Gasteiger partial charge in [-0.1, -0.05) is 38.8 Å². The molecular formula is C21H18BrClFN3O3. The van der Waals surface area contributed by atoms with E-state index in [9.17, 15) is 14.0 Å². The van der Waals surface area contributed by atoms with Crippen LogP contribution >= 0.6 is 27.5 Å². The molecule has 1 heterocycles. The van der Waals surface area contributed by atoms with Crippen LogP contribution in [0.15, 0.2) is 45.4 Å². The van der Waals surface area contributed by atoms with Crippen molar-refractivity contribution in [2.45, 2.75) is 13.8 Å². The standard InChI is InChI=1S/C21H18BrClFN3O3/c1-11-9-13(22)7-8-16(11)25-17(28)10-27(3)21(29)18-12(2)30-26-20(18)19-14(23)5-4-6-15(19)24/h4-9H,10H2,1-3H3,(H,25,28). The first-order valence-electron chi connectivity index (χ1n) is 8.91. The third-order valence-electron chi connectivity index (χ3n) is 4.47. The topological polar surface area (TPSA) is 75.4 Å².